The number of hydrogen-bond acceptors (Lipinski definition) is 5. The molecule has 0 saturated carbocycles. The van der Waals surface area contributed by atoms with Crippen LogP contribution in [-0.2, 0) is 0 Å². The second-order valence-electron chi connectivity index (χ2n) is 5.44. The average molecular weight is 309 g/mol. The Bertz CT molecular complexity index is 562. The van der Waals surface area contributed by atoms with Gasteiger partial charge in [0.1, 0.15) is 5.69 Å². The first-order valence-electron chi connectivity index (χ1n) is 6.85. The molecule has 0 spiro atoms. The first-order valence-corrected chi connectivity index (χ1v) is 7.90. The highest BCUT2D eigenvalue weighted by Gasteiger charge is 2.27. The summed E-state index contributed by atoms with van der Waals surface area (Å²) >= 11 is 1.88. The molecule has 1 heterocycles. The lowest BCUT2D eigenvalue weighted by molar-refractivity contribution is -0.383. The summed E-state index contributed by atoms with van der Waals surface area (Å²) in [6.07, 6.45) is 0. The molecular weight excluding hydrogens is 290 g/mol. The van der Waals surface area contributed by atoms with Crippen molar-refractivity contribution in [1.82, 2.24) is 4.90 Å². The fourth-order valence-corrected chi connectivity index (χ4v) is 3.58. The van der Waals surface area contributed by atoms with Crippen molar-refractivity contribution in [3.63, 3.8) is 0 Å². The number of rotatable bonds is 3. The molecule has 2 rings (SSSR count). The maximum absolute atomic E-state index is 12.5. The zero-order valence-corrected chi connectivity index (χ0v) is 12.9. The highest BCUT2D eigenvalue weighted by molar-refractivity contribution is 8.00. The van der Waals surface area contributed by atoms with Crippen LogP contribution in [0.2, 0.25) is 0 Å². The number of hydrogen-bond donors (Lipinski definition) is 1. The van der Waals surface area contributed by atoms with Crippen LogP contribution < -0.4 is 5.73 Å². The summed E-state index contributed by atoms with van der Waals surface area (Å²) in [6, 6.07) is 4.24. The van der Waals surface area contributed by atoms with E-state index in [1.54, 1.807) is 11.0 Å². The number of carbonyl (C=O) groups is 1. The normalized spacial score (nSPS) is 18.8. The van der Waals surface area contributed by atoms with Gasteiger partial charge in [-0.15, -0.1) is 0 Å². The van der Waals surface area contributed by atoms with Crippen molar-refractivity contribution in [2.75, 3.05) is 24.6 Å². The Hall–Kier alpha value is -1.76. The number of thioether (sulfide) groups is 1. The number of nitro groups is 1. The molecule has 0 radical (unpaired) electrons. The van der Waals surface area contributed by atoms with Crippen LogP contribution in [0.15, 0.2) is 18.2 Å². The van der Waals surface area contributed by atoms with Crippen LogP contribution in [0.25, 0.3) is 0 Å². The standard InChI is InChI=1S/C14H19N3O3S/c1-9(2)13-8-16(5-6-21-13)14(18)10-3-4-11(15)12(7-10)17(19)20/h3-4,7,9,13H,5-6,8,15H2,1-2H3. The molecule has 1 unspecified atom stereocenters. The zero-order valence-electron chi connectivity index (χ0n) is 12.1. The monoisotopic (exact) mass is 309 g/mol. The van der Waals surface area contributed by atoms with E-state index in [1.165, 1.54) is 12.1 Å². The molecule has 2 N–H and O–H groups in total. The fourth-order valence-electron chi connectivity index (χ4n) is 2.28. The Balaban J connectivity index is 2.20. The van der Waals surface area contributed by atoms with Gasteiger partial charge in [-0.05, 0) is 18.1 Å². The minimum atomic E-state index is -0.560. The predicted molar refractivity (Wildman–Crippen MR) is 84.5 cm³/mol. The van der Waals surface area contributed by atoms with Crippen LogP contribution in [-0.4, -0.2) is 39.8 Å². The van der Waals surface area contributed by atoms with Gasteiger partial charge in [-0.25, -0.2) is 0 Å². The van der Waals surface area contributed by atoms with Gasteiger partial charge in [-0.2, -0.15) is 11.8 Å². The van der Waals surface area contributed by atoms with Crippen LogP contribution >= 0.6 is 11.8 Å². The highest BCUT2D eigenvalue weighted by Crippen LogP contribution is 2.27. The summed E-state index contributed by atoms with van der Waals surface area (Å²) in [6.45, 7) is 5.63. The number of nitrogens with two attached hydrogens (primary N) is 1. The Morgan fingerprint density at radius 2 is 2.24 bits per heavy atom. The highest BCUT2D eigenvalue weighted by atomic mass is 32.2. The number of nitrogen functional groups attached to an aromatic ring is 1. The third kappa shape index (κ3) is 3.47. The molecule has 1 saturated heterocycles. The van der Waals surface area contributed by atoms with Crippen LogP contribution in [0.1, 0.15) is 24.2 Å². The fraction of sp³-hybridized carbons (Fsp3) is 0.500. The number of nitro benzene ring substituents is 1. The Kier molecular flexibility index (Phi) is 4.72. The van der Waals surface area contributed by atoms with E-state index in [9.17, 15) is 14.9 Å². The van der Waals surface area contributed by atoms with E-state index in [4.69, 9.17) is 5.73 Å². The predicted octanol–water partition coefficient (Wildman–Crippen LogP) is 2.39. The number of nitrogens with zero attached hydrogens (tertiary/aromatic N) is 2. The molecule has 114 valence electrons. The van der Waals surface area contributed by atoms with Gasteiger partial charge in [0.05, 0.1) is 4.92 Å². The van der Waals surface area contributed by atoms with Gasteiger partial charge in [0.25, 0.3) is 11.6 Å². The SMILES string of the molecule is CC(C)C1CN(C(=O)c2ccc(N)c([N+](=O)[O-])c2)CCS1. The summed E-state index contributed by atoms with van der Waals surface area (Å²) in [7, 11) is 0. The van der Waals surface area contributed by atoms with E-state index in [1.807, 2.05) is 11.8 Å². The van der Waals surface area contributed by atoms with Crippen LogP contribution in [0.3, 0.4) is 0 Å². The quantitative estimate of drug-likeness (QED) is 0.526. The van der Waals surface area contributed by atoms with Crippen molar-refractivity contribution < 1.29 is 9.72 Å². The van der Waals surface area contributed by atoms with E-state index >= 15 is 0 Å². The lowest BCUT2D eigenvalue weighted by Gasteiger charge is -2.34. The second kappa shape index (κ2) is 6.34. The summed E-state index contributed by atoms with van der Waals surface area (Å²) in [5, 5.41) is 11.3. The van der Waals surface area contributed by atoms with Gasteiger partial charge < -0.3 is 10.6 Å². The van der Waals surface area contributed by atoms with Gasteiger partial charge in [0.15, 0.2) is 0 Å². The smallest absolute Gasteiger partial charge is 0.292 e. The van der Waals surface area contributed by atoms with Crippen molar-refractivity contribution in [1.29, 1.82) is 0 Å². The molecular formula is C14H19N3O3S. The second-order valence-corrected chi connectivity index (χ2v) is 6.78. The number of amides is 1. The first-order chi connectivity index (χ1) is 9.90. The molecule has 0 aliphatic carbocycles. The van der Waals surface area contributed by atoms with Gasteiger partial charge in [0.2, 0.25) is 0 Å². The molecule has 1 aromatic rings. The number of carbonyl (C=O) groups excluding carboxylic acids is 1. The minimum Gasteiger partial charge on any atom is -0.393 e. The molecule has 1 amide bonds. The molecule has 0 bridgehead atoms. The van der Waals surface area contributed by atoms with Crippen LogP contribution in [0.4, 0.5) is 11.4 Å². The van der Waals surface area contributed by atoms with Crippen LogP contribution in [0, 0.1) is 16.0 Å². The van der Waals surface area contributed by atoms with E-state index in [-0.39, 0.29) is 17.3 Å². The molecule has 1 aliphatic rings. The third-order valence-corrected chi connectivity index (χ3v) is 5.14. The van der Waals surface area contributed by atoms with E-state index in [0.29, 0.717) is 29.8 Å². The van der Waals surface area contributed by atoms with Gasteiger partial charge >= 0.3 is 0 Å². The van der Waals surface area contributed by atoms with Crippen molar-refractivity contribution in [2.24, 2.45) is 5.92 Å². The van der Waals surface area contributed by atoms with Crippen molar-refractivity contribution in [3.05, 3.63) is 33.9 Å². The molecule has 1 aromatic carbocycles. The zero-order chi connectivity index (χ0) is 15.6. The Morgan fingerprint density at radius 3 is 2.86 bits per heavy atom. The van der Waals surface area contributed by atoms with Crippen molar-refractivity contribution in [3.8, 4) is 0 Å². The largest absolute Gasteiger partial charge is 0.393 e. The first kappa shape index (κ1) is 15.6. The summed E-state index contributed by atoms with van der Waals surface area (Å²) in [5.41, 5.74) is 5.74. The maximum Gasteiger partial charge on any atom is 0.292 e. The average Bonchev–Trinajstić information content (AvgIpc) is 2.46. The Labute approximate surface area is 127 Å². The topological polar surface area (TPSA) is 89.5 Å². The third-order valence-electron chi connectivity index (χ3n) is 3.60. The molecule has 6 nitrogen and oxygen atoms in total. The van der Waals surface area contributed by atoms with Crippen LogP contribution in [0.5, 0.6) is 0 Å². The van der Waals surface area contributed by atoms with E-state index < -0.39 is 4.92 Å². The van der Waals surface area contributed by atoms with E-state index in [0.717, 1.165) is 5.75 Å². The summed E-state index contributed by atoms with van der Waals surface area (Å²) < 4.78 is 0. The summed E-state index contributed by atoms with van der Waals surface area (Å²) in [4.78, 5) is 24.6. The molecule has 21 heavy (non-hydrogen) atoms. The van der Waals surface area contributed by atoms with Crippen molar-refractivity contribution >= 4 is 29.0 Å². The molecule has 1 aliphatic heterocycles. The molecule has 1 fully saturated rings. The van der Waals surface area contributed by atoms with Gasteiger partial charge in [-0.1, -0.05) is 13.8 Å². The van der Waals surface area contributed by atoms with Crippen molar-refractivity contribution in [2.45, 2.75) is 19.1 Å². The minimum absolute atomic E-state index is 0.0748. The Morgan fingerprint density at radius 1 is 1.52 bits per heavy atom. The lowest BCUT2D eigenvalue weighted by atomic mass is 10.1. The molecule has 1 atom stereocenters. The van der Waals surface area contributed by atoms with Gasteiger partial charge in [0, 0.05) is 35.7 Å². The maximum atomic E-state index is 12.5. The molecule has 7 heteroatoms. The van der Waals surface area contributed by atoms with E-state index in [2.05, 4.69) is 13.8 Å². The number of anilines is 1. The lowest BCUT2D eigenvalue weighted by Crippen LogP contribution is -2.43. The molecule has 0 aromatic heterocycles. The summed E-state index contributed by atoms with van der Waals surface area (Å²) in [5.74, 6) is 1.22. The van der Waals surface area contributed by atoms with Gasteiger partial charge in [-0.3, -0.25) is 14.9 Å². The number of benzene rings is 1.